The molecule has 0 atom stereocenters. The lowest BCUT2D eigenvalue weighted by atomic mass is 9.93. The van der Waals surface area contributed by atoms with Crippen LogP contribution in [0.3, 0.4) is 0 Å². The molecule has 0 saturated carbocycles. The van der Waals surface area contributed by atoms with Crippen LogP contribution in [-0.2, 0) is 10.0 Å². The molecule has 0 aliphatic carbocycles. The van der Waals surface area contributed by atoms with E-state index in [1.807, 2.05) is 39.3 Å². The molecular weight excluding hydrogens is 332 g/mol. The Hall–Kier alpha value is -1.86. The lowest BCUT2D eigenvalue weighted by molar-refractivity contribution is 0.256. The average Bonchev–Trinajstić information content (AvgIpc) is 3.02. The molecule has 1 heterocycles. The summed E-state index contributed by atoms with van der Waals surface area (Å²) < 4.78 is 26.2. The van der Waals surface area contributed by atoms with Crippen LogP contribution in [0.5, 0.6) is 0 Å². The van der Waals surface area contributed by atoms with Crippen LogP contribution in [0.2, 0.25) is 0 Å². The van der Waals surface area contributed by atoms with E-state index in [4.69, 9.17) is 0 Å². The van der Waals surface area contributed by atoms with E-state index in [1.54, 1.807) is 5.38 Å². The standard InChI is InChI=1S/C16H20N2O3S2/c1-9-10(2)12(4)15(13(5)11(9)3)17-16(19)18-23(20,21)14-6-7-22-8-14/h6-8H,1-5H3,(H2,17,18,19). The van der Waals surface area contributed by atoms with Crippen molar-refractivity contribution in [2.75, 3.05) is 5.32 Å². The molecule has 2 N–H and O–H groups in total. The normalized spacial score (nSPS) is 11.3. The van der Waals surface area contributed by atoms with Crippen molar-refractivity contribution in [2.24, 2.45) is 0 Å². The molecule has 2 aromatic rings. The number of hydrogen-bond donors (Lipinski definition) is 2. The summed E-state index contributed by atoms with van der Waals surface area (Å²) in [5.74, 6) is 0. The molecule has 2 amide bonds. The van der Waals surface area contributed by atoms with E-state index in [1.165, 1.54) is 28.3 Å². The van der Waals surface area contributed by atoms with E-state index < -0.39 is 16.1 Å². The molecule has 0 radical (unpaired) electrons. The third kappa shape index (κ3) is 3.40. The van der Waals surface area contributed by atoms with Gasteiger partial charge in [-0.3, -0.25) is 0 Å². The number of anilines is 1. The highest BCUT2D eigenvalue weighted by molar-refractivity contribution is 7.90. The highest BCUT2D eigenvalue weighted by Crippen LogP contribution is 2.30. The third-order valence-corrected chi connectivity index (χ3v) is 6.43. The topological polar surface area (TPSA) is 75.3 Å². The Labute approximate surface area is 140 Å². The number of hydrogen-bond acceptors (Lipinski definition) is 4. The van der Waals surface area contributed by atoms with E-state index in [0.717, 1.165) is 22.3 Å². The summed E-state index contributed by atoms with van der Waals surface area (Å²) in [4.78, 5) is 12.2. The van der Waals surface area contributed by atoms with Gasteiger partial charge in [0.1, 0.15) is 0 Å². The van der Waals surface area contributed by atoms with Gasteiger partial charge in [0.15, 0.2) is 0 Å². The van der Waals surface area contributed by atoms with E-state index in [2.05, 4.69) is 5.32 Å². The Morgan fingerprint density at radius 1 is 0.957 bits per heavy atom. The summed E-state index contributed by atoms with van der Waals surface area (Å²) in [6, 6.07) is 0.696. The monoisotopic (exact) mass is 352 g/mol. The van der Waals surface area contributed by atoms with Crippen LogP contribution in [0.15, 0.2) is 21.7 Å². The van der Waals surface area contributed by atoms with Gasteiger partial charge in [-0.2, -0.15) is 11.3 Å². The molecule has 0 bridgehead atoms. The fourth-order valence-electron chi connectivity index (χ4n) is 2.41. The van der Waals surface area contributed by atoms with Gasteiger partial charge in [-0.05, 0) is 73.9 Å². The van der Waals surface area contributed by atoms with Crippen LogP contribution >= 0.6 is 11.3 Å². The lowest BCUT2D eigenvalue weighted by Gasteiger charge is -2.19. The zero-order chi connectivity index (χ0) is 17.4. The Bertz CT molecular complexity index is 825. The SMILES string of the molecule is Cc1c(C)c(C)c(NC(=O)NS(=O)(=O)c2ccsc2)c(C)c1C. The van der Waals surface area contributed by atoms with Gasteiger partial charge in [-0.15, -0.1) is 0 Å². The number of rotatable bonds is 3. The summed E-state index contributed by atoms with van der Waals surface area (Å²) in [6.07, 6.45) is 0. The number of sulfonamides is 1. The maximum atomic E-state index is 12.1. The average molecular weight is 352 g/mol. The maximum Gasteiger partial charge on any atom is 0.333 e. The first kappa shape index (κ1) is 17.5. The van der Waals surface area contributed by atoms with Gasteiger partial charge in [-0.25, -0.2) is 17.9 Å². The molecule has 124 valence electrons. The zero-order valence-electron chi connectivity index (χ0n) is 13.8. The summed E-state index contributed by atoms with van der Waals surface area (Å²) in [7, 11) is -3.84. The number of amides is 2. The number of thiophene rings is 1. The fraction of sp³-hybridized carbons (Fsp3) is 0.312. The second-order valence-corrected chi connectivity index (χ2v) is 7.98. The first-order chi connectivity index (χ1) is 10.6. The van der Waals surface area contributed by atoms with Crippen LogP contribution in [0.1, 0.15) is 27.8 Å². The molecule has 2 rings (SSSR count). The van der Waals surface area contributed by atoms with Crippen LogP contribution in [0.4, 0.5) is 10.5 Å². The molecule has 0 spiro atoms. The van der Waals surface area contributed by atoms with Gasteiger partial charge >= 0.3 is 6.03 Å². The highest BCUT2D eigenvalue weighted by atomic mass is 32.2. The third-order valence-electron chi connectivity index (χ3n) is 4.27. The lowest BCUT2D eigenvalue weighted by Crippen LogP contribution is -2.34. The molecule has 7 heteroatoms. The van der Waals surface area contributed by atoms with E-state index in [-0.39, 0.29) is 4.90 Å². The largest absolute Gasteiger partial charge is 0.333 e. The number of benzene rings is 1. The summed E-state index contributed by atoms with van der Waals surface area (Å²) >= 11 is 1.26. The van der Waals surface area contributed by atoms with Crippen LogP contribution < -0.4 is 10.0 Å². The number of carbonyl (C=O) groups excluding carboxylic acids is 1. The highest BCUT2D eigenvalue weighted by Gasteiger charge is 2.20. The Morgan fingerprint density at radius 3 is 1.96 bits per heavy atom. The molecule has 1 aromatic heterocycles. The molecule has 0 unspecified atom stereocenters. The smallest absolute Gasteiger partial charge is 0.307 e. The minimum Gasteiger partial charge on any atom is -0.307 e. The van der Waals surface area contributed by atoms with Crippen molar-refractivity contribution < 1.29 is 13.2 Å². The fourth-order valence-corrected chi connectivity index (χ4v) is 4.35. The van der Waals surface area contributed by atoms with Crippen molar-refractivity contribution in [1.29, 1.82) is 0 Å². The number of urea groups is 1. The van der Waals surface area contributed by atoms with Crippen LogP contribution in [0.25, 0.3) is 0 Å². The Kier molecular flexibility index (Phi) is 4.81. The molecular formula is C16H20N2O3S2. The van der Waals surface area contributed by atoms with Gasteiger partial charge in [0.25, 0.3) is 10.0 Å². The van der Waals surface area contributed by atoms with Gasteiger partial charge in [-0.1, -0.05) is 0 Å². The molecule has 0 aliphatic rings. The van der Waals surface area contributed by atoms with Crippen molar-refractivity contribution >= 4 is 33.1 Å². The molecule has 0 saturated heterocycles. The first-order valence-electron chi connectivity index (χ1n) is 7.08. The molecule has 5 nitrogen and oxygen atoms in total. The molecule has 0 aliphatic heterocycles. The minimum atomic E-state index is -3.84. The van der Waals surface area contributed by atoms with Crippen molar-refractivity contribution in [3.05, 3.63) is 44.6 Å². The number of carbonyl (C=O) groups is 1. The van der Waals surface area contributed by atoms with Crippen LogP contribution in [0, 0.1) is 34.6 Å². The minimum absolute atomic E-state index is 0.0855. The molecule has 1 aromatic carbocycles. The van der Waals surface area contributed by atoms with Crippen molar-refractivity contribution in [3.8, 4) is 0 Å². The zero-order valence-corrected chi connectivity index (χ0v) is 15.4. The maximum absolute atomic E-state index is 12.1. The second-order valence-electron chi connectivity index (χ2n) is 5.52. The Balaban J connectivity index is 2.29. The summed E-state index contributed by atoms with van der Waals surface area (Å²) in [5, 5.41) is 5.80. The van der Waals surface area contributed by atoms with Crippen molar-refractivity contribution in [1.82, 2.24) is 4.72 Å². The van der Waals surface area contributed by atoms with Crippen molar-refractivity contribution in [3.63, 3.8) is 0 Å². The van der Waals surface area contributed by atoms with Gasteiger partial charge in [0, 0.05) is 11.1 Å². The van der Waals surface area contributed by atoms with Gasteiger partial charge in [0.2, 0.25) is 0 Å². The molecule has 23 heavy (non-hydrogen) atoms. The molecule has 0 fully saturated rings. The quantitative estimate of drug-likeness (QED) is 0.882. The van der Waals surface area contributed by atoms with Gasteiger partial charge in [0.05, 0.1) is 4.90 Å². The predicted octanol–water partition coefficient (Wildman–Crippen LogP) is 3.80. The predicted molar refractivity (Wildman–Crippen MR) is 93.8 cm³/mol. The summed E-state index contributed by atoms with van der Waals surface area (Å²) in [5.41, 5.74) is 5.89. The Morgan fingerprint density at radius 2 is 1.48 bits per heavy atom. The van der Waals surface area contributed by atoms with E-state index in [0.29, 0.717) is 5.69 Å². The summed E-state index contributed by atoms with van der Waals surface area (Å²) in [6.45, 7) is 9.84. The van der Waals surface area contributed by atoms with E-state index >= 15 is 0 Å². The number of nitrogens with one attached hydrogen (secondary N) is 2. The first-order valence-corrected chi connectivity index (χ1v) is 9.50. The second kappa shape index (κ2) is 6.33. The van der Waals surface area contributed by atoms with Crippen molar-refractivity contribution in [2.45, 2.75) is 39.5 Å². The van der Waals surface area contributed by atoms with Gasteiger partial charge < -0.3 is 5.32 Å². The van der Waals surface area contributed by atoms with E-state index in [9.17, 15) is 13.2 Å². The van der Waals surface area contributed by atoms with Crippen LogP contribution in [-0.4, -0.2) is 14.4 Å².